The van der Waals surface area contributed by atoms with Crippen LogP contribution in [0.2, 0.25) is 0 Å². The molecule has 0 aromatic heterocycles. The largest absolute Gasteiger partial charge is 0.479 e. The Bertz CT molecular complexity index is 371. The molecule has 1 aliphatic heterocycles. The molecule has 0 saturated carbocycles. The van der Waals surface area contributed by atoms with Gasteiger partial charge in [0.15, 0.2) is 0 Å². The van der Waals surface area contributed by atoms with E-state index in [4.69, 9.17) is 9.94 Å². The first-order valence-electron chi connectivity index (χ1n) is 4.89. The highest BCUT2D eigenvalue weighted by Gasteiger charge is 2.13. The monoisotopic (exact) mass is 206 g/mol. The fourth-order valence-corrected chi connectivity index (χ4v) is 1.41. The molecule has 80 valence electrons. The van der Waals surface area contributed by atoms with Crippen LogP contribution in [0.4, 0.5) is 5.69 Å². The van der Waals surface area contributed by atoms with E-state index in [2.05, 4.69) is 31.6 Å². The fraction of sp³-hybridized carbons (Fsp3) is 0.273. The first kappa shape index (κ1) is 9.86. The maximum Gasteiger partial charge on any atom is 0.317 e. The van der Waals surface area contributed by atoms with Gasteiger partial charge in [0.25, 0.3) is 0 Å². The van der Waals surface area contributed by atoms with Crippen LogP contribution in [0.5, 0.6) is 0 Å². The van der Waals surface area contributed by atoms with Gasteiger partial charge in [-0.05, 0) is 23.6 Å². The molecule has 0 fully saturated rings. The van der Waals surface area contributed by atoms with Crippen molar-refractivity contribution in [2.24, 2.45) is 0 Å². The quantitative estimate of drug-likeness (QED) is 0.780. The molecule has 4 nitrogen and oxygen atoms in total. The lowest BCUT2D eigenvalue weighted by atomic mass is 10.0. The topological polar surface area (TPSA) is 44.7 Å². The van der Waals surface area contributed by atoms with Crippen molar-refractivity contribution in [1.82, 2.24) is 5.59 Å². The van der Waals surface area contributed by atoms with Gasteiger partial charge < -0.3 is 9.94 Å². The Kier molecular flexibility index (Phi) is 2.51. The highest BCUT2D eigenvalue weighted by Crippen LogP contribution is 2.21. The second-order valence-corrected chi connectivity index (χ2v) is 3.78. The van der Waals surface area contributed by atoms with Crippen molar-refractivity contribution in [2.75, 3.05) is 5.01 Å². The lowest BCUT2D eigenvalue weighted by Gasteiger charge is -2.14. The van der Waals surface area contributed by atoms with Crippen molar-refractivity contribution in [1.29, 1.82) is 0 Å². The predicted octanol–water partition coefficient (Wildman–Crippen LogP) is 2.42. The minimum Gasteiger partial charge on any atom is -0.479 e. The highest BCUT2D eigenvalue weighted by molar-refractivity contribution is 5.49. The van der Waals surface area contributed by atoms with Gasteiger partial charge in [-0.2, -0.15) is 0 Å². The summed E-state index contributed by atoms with van der Waals surface area (Å²) < 4.78 is 0. The van der Waals surface area contributed by atoms with E-state index in [1.807, 2.05) is 12.1 Å². The molecule has 2 N–H and O–H groups in total. The van der Waals surface area contributed by atoms with Gasteiger partial charge in [0.05, 0.1) is 5.69 Å². The summed E-state index contributed by atoms with van der Waals surface area (Å²) >= 11 is 0. The van der Waals surface area contributed by atoms with Gasteiger partial charge in [-0.1, -0.05) is 31.6 Å². The van der Waals surface area contributed by atoms with Crippen molar-refractivity contribution >= 4 is 5.69 Å². The molecule has 0 radical (unpaired) electrons. The summed E-state index contributed by atoms with van der Waals surface area (Å²) in [5.41, 5.74) is 4.77. The van der Waals surface area contributed by atoms with Crippen LogP contribution in [0, 0.1) is 0 Å². The summed E-state index contributed by atoms with van der Waals surface area (Å²) in [6, 6.07) is 8.07. The molecule has 0 bridgehead atoms. The van der Waals surface area contributed by atoms with E-state index in [0.717, 1.165) is 5.69 Å². The van der Waals surface area contributed by atoms with Crippen molar-refractivity contribution in [3.63, 3.8) is 0 Å². The predicted molar refractivity (Wildman–Crippen MR) is 57.9 cm³/mol. The molecule has 2 rings (SSSR count). The molecule has 0 unspecified atom stereocenters. The number of aliphatic hydroxyl groups is 1. The standard InChI is InChI=1S/C11H14N2O2/c1-8(2)9-3-5-10(6-4-9)13-7-11(14)15-12-13/h3-8,12,14H,1-2H3. The normalized spacial score (nSPS) is 15.4. The number of hydrazine groups is 1. The number of hydrogen-bond donors (Lipinski definition) is 2. The van der Waals surface area contributed by atoms with E-state index in [1.54, 1.807) is 5.01 Å². The third-order valence-corrected chi connectivity index (χ3v) is 2.33. The van der Waals surface area contributed by atoms with E-state index < -0.39 is 0 Å². The zero-order valence-corrected chi connectivity index (χ0v) is 8.77. The van der Waals surface area contributed by atoms with E-state index in [-0.39, 0.29) is 5.95 Å². The minimum atomic E-state index is -0.136. The third kappa shape index (κ3) is 2.05. The molecule has 0 saturated heterocycles. The number of benzene rings is 1. The molecule has 1 aliphatic rings. The zero-order chi connectivity index (χ0) is 10.8. The molecule has 0 atom stereocenters. The van der Waals surface area contributed by atoms with Crippen LogP contribution < -0.4 is 10.6 Å². The summed E-state index contributed by atoms with van der Waals surface area (Å²) in [5.74, 6) is 0.383. The van der Waals surface area contributed by atoms with Gasteiger partial charge in [-0.3, -0.25) is 0 Å². The SMILES string of the molecule is CC(C)c1ccc(N2C=C(O)ON2)cc1. The molecular weight excluding hydrogens is 192 g/mol. The number of rotatable bonds is 2. The maximum atomic E-state index is 9.04. The molecule has 0 spiro atoms. The average Bonchev–Trinajstić information content (AvgIpc) is 2.65. The molecular formula is C11H14N2O2. The number of nitrogens with one attached hydrogen (secondary N) is 1. The Hall–Kier alpha value is -1.68. The van der Waals surface area contributed by atoms with E-state index in [0.29, 0.717) is 5.92 Å². The molecule has 0 aliphatic carbocycles. The Balaban J connectivity index is 2.17. The Morgan fingerprint density at radius 3 is 2.40 bits per heavy atom. The second-order valence-electron chi connectivity index (χ2n) is 3.78. The molecule has 4 heteroatoms. The molecule has 0 amide bonds. The Labute approximate surface area is 88.7 Å². The van der Waals surface area contributed by atoms with Gasteiger partial charge in [-0.15, -0.1) is 0 Å². The van der Waals surface area contributed by atoms with Crippen LogP contribution >= 0.6 is 0 Å². The second kappa shape index (κ2) is 3.82. The van der Waals surface area contributed by atoms with Gasteiger partial charge in [0, 0.05) is 0 Å². The van der Waals surface area contributed by atoms with E-state index in [9.17, 15) is 0 Å². The van der Waals surface area contributed by atoms with Gasteiger partial charge in [0.1, 0.15) is 6.20 Å². The van der Waals surface area contributed by atoms with Crippen molar-refractivity contribution < 1.29 is 9.94 Å². The molecule has 1 aromatic rings. The molecule has 1 heterocycles. The van der Waals surface area contributed by atoms with Crippen LogP contribution in [0.25, 0.3) is 0 Å². The first-order valence-corrected chi connectivity index (χ1v) is 4.89. The summed E-state index contributed by atoms with van der Waals surface area (Å²) in [5, 5.41) is 10.6. The first-order chi connectivity index (χ1) is 7.16. The van der Waals surface area contributed by atoms with Gasteiger partial charge in [0.2, 0.25) is 0 Å². The summed E-state index contributed by atoms with van der Waals surface area (Å²) in [6.07, 6.45) is 1.48. The van der Waals surface area contributed by atoms with Crippen LogP contribution in [-0.2, 0) is 4.84 Å². The van der Waals surface area contributed by atoms with Crippen LogP contribution in [0.1, 0.15) is 25.3 Å². The van der Waals surface area contributed by atoms with E-state index in [1.165, 1.54) is 11.8 Å². The number of aliphatic hydroxyl groups excluding tert-OH is 1. The zero-order valence-electron chi connectivity index (χ0n) is 8.77. The summed E-state index contributed by atoms with van der Waals surface area (Å²) in [4.78, 5) is 4.69. The summed E-state index contributed by atoms with van der Waals surface area (Å²) in [6.45, 7) is 4.30. The third-order valence-electron chi connectivity index (χ3n) is 2.33. The van der Waals surface area contributed by atoms with Crippen LogP contribution in [0.15, 0.2) is 36.4 Å². The van der Waals surface area contributed by atoms with Crippen molar-refractivity contribution in [2.45, 2.75) is 19.8 Å². The minimum absolute atomic E-state index is 0.136. The smallest absolute Gasteiger partial charge is 0.317 e. The van der Waals surface area contributed by atoms with Crippen molar-refractivity contribution in [3.05, 3.63) is 42.0 Å². The Morgan fingerprint density at radius 1 is 1.27 bits per heavy atom. The summed E-state index contributed by atoms with van der Waals surface area (Å²) in [7, 11) is 0. The van der Waals surface area contributed by atoms with Gasteiger partial charge in [-0.25, -0.2) is 5.01 Å². The van der Waals surface area contributed by atoms with Gasteiger partial charge >= 0.3 is 5.95 Å². The maximum absolute atomic E-state index is 9.04. The molecule has 1 aromatic carbocycles. The number of hydrogen-bond acceptors (Lipinski definition) is 4. The Morgan fingerprint density at radius 2 is 1.93 bits per heavy atom. The lowest BCUT2D eigenvalue weighted by molar-refractivity contribution is 0.0459. The highest BCUT2D eigenvalue weighted by atomic mass is 16.8. The lowest BCUT2D eigenvalue weighted by Crippen LogP contribution is -2.26. The number of anilines is 1. The van der Waals surface area contributed by atoms with Crippen molar-refractivity contribution in [3.8, 4) is 0 Å². The van der Waals surface area contributed by atoms with Crippen LogP contribution in [0.3, 0.4) is 0 Å². The van der Waals surface area contributed by atoms with E-state index >= 15 is 0 Å². The molecule has 15 heavy (non-hydrogen) atoms. The van der Waals surface area contributed by atoms with Crippen LogP contribution in [-0.4, -0.2) is 5.11 Å². The fourth-order valence-electron chi connectivity index (χ4n) is 1.41. The number of nitrogens with zero attached hydrogens (tertiary/aromatic N) is 1. The average molecular weight is 206 g/mol.